The van der Waals surface area contributed by atoms with E-state index >= 15 is 0 Å². The lowest BCUT2D eigenvalue weighted by molar-refractivity contribution is 0.103. The Morgan fingerprint density at radius 2 is 1.84 bits per heavy atom. The Kier molecular flexibility index (Phi) is 3.85. The molecule has 2 aromatic carbocycles. The summed E-state index contributed by atoms with van der Waals surface area (Å²) in [7, 11) is 0. The van der Waals surface area contributed by atoms with Gasteiger partial charge in [-0.15, -0.1) is 0 Å². The molecule has 0 unspecified atom stereocenters. The molecule has 3 heteroatoms. The van der Waals surface area contributed by atoms with E-state index in [9.17, 15) is 4.79 Å². The van der Waals surface area contributed by atoms with E-state index in [-0.39, 0.29) is 5.78 Å². The molecule has 0 saturated carbocycles. The summed E-state index contributed by atoms with van der Waals surface area (Å²) < 4.78 is 5.51. The third-order valence-electron chi connectivity index (χ3n) is 2.85. The summed E-state index contributed by atoms with van der Waals surface area (Å²) in [6.07, 6.45) is 0. The molecule has 0 radical (unpaired) electrons. The van der Waals surface area contributed by atoms with Crippen LogP contribution >= 0.6 is 0 Å². The van der Waals surface area contributed by atoms with Gasteiger partial charge in [-0.05, 0) is 50.2 Å². The Hall–Kier alpha value is -2.29. The molecule has 0 aromatic heterocycles. The van der Waals surface area contributed by atoms with Crippen molar-refractivity contribution in [2.75, 3.05) is 12.3 Å². The van der Waals surface area contributed by atoms with Crippen LogP contribution in [-0.2, 0) is 0 Å². The first kappa shape index (κ1) is 13.1. The summed E-state index contributed by atoms with van der Waals surface area (Å²) in [6.45, 7) is 4.39. The van der Waals surface area contributed by atoms with Crippen LogP contribution in [0.15, 0.2) is 42.5 Å². The highest BCUT2D eigenvalue weighted by molar-refractivity contribution is 6.10. The topological polar surface area (TPSA) is 52.3 Å². The van der Waals surface area contributed by atoms with Gasteiger partial charge in [-0.2, -0.15) is 0 Å². The van der Waals surface area contributed by atoms with Crippen molar-refractivity contribution in [3.05, 3.63) is 59.2 Å². The molecule has 19 heavy (non-hydrogen) atoms. The van der Waals surface area contributed by atoms with Gasteiger partial charge in [0.2, 0.25) is 0 Å². The van der Waals surface area contributed by atoms with Crippen molar-refractivity contribution in [3.8, 4) is 5.75 Å². The first-order chi connectivity index (χ1) is 9.11. The van der Waals surface area contributed by atoms with Crippen LogP contribution in [0, 0.1) is 6.92 Å². The van der Waals surface area contributed by atoms with E-state index in [2.05, 4.69) is 0 Å². The number of ketones is 1. The molecule has 0 saturated heterocycles. The molecular weight excluding hydrogens is 238 g/mol. The Bertz CT molecular complexity index is 588. The number of nitrogens with two attached hydrogens (primary N) is 1. The van der Waals surface area contributed by atoms with Gasteiger partial charge in [-0.1, -0.05) is 11.6 Å². The second-order valence-electron chi connectivity index (χ2n) is 4.38. The number of aryl methyl sites for hydroxylation is 1. The van der Waals surface area contributed by atoms with Crippen LogP contribution in [0.3, 0.4) is 0 Å². The van der Waals surface area contributed by atoms with Crippen molar-refractivity contribution < 1.29 is 9.53 Å². The molecule has 0 aliphatic carbocycles. The number of hydrogen-bond acceptors (Lipinski definition) is 3. The average Bonchev–Trinajstić information content (AvgIpc) is 2.41. The van der Waals surface area contributed by atoms with Crippen molar-refractivity contribution in [1.82, 2.24) is 0 Å². The molecule has 0 amide bonds. The zero-order valence-electron chi connectivity index (χ0n) is 11.1. The SMILES string of the molecule is CCOc1ccc(C)cc1C(=O)c1ccc(N)cc1. The monoisotopic (exact) mass is 255 g/mol. The highest BCUT2D eigenvalue weighted by Crippen LogP contribution is 2.23. The number of nitrogen functional groups attached to an aromatic ring is 1. The van der Waals surface area contributed by atoms with Gasteiger partial charge in [0.1, 0.15) is 5.75 Å². The number of anilines is 1. The Balaban J connectivity index is 2.42. The molecule has 0 aliphatic heterocycles. The summed E-state index contributed by atoms with van der Waals surface area (Å²) in [6, 6.07) is 12.5. The molecule has 98 valence electrons. The molecule has 0 heterocycles. The molecule has 2 rings (SSSR count). The van der Waals surface area contributed by atoms with Crippen molar-refractivity contribution in [2.24, 2.45) is 0 Å². The minimum absolute atomic E-state index is 0.0489. The third-order valence-corrected chi connectivity index (χ3v) is 2.85. The Morgan fingerprint density at radius 3 is 2.47 bits per heavy atom. The molecule has 0 atom stereocenters. The number of carbonyl (C=O) groups excluding carboxylic acids is 1. The summed E-state index contributed by atoms with van der Waals surface area (Å²) in [4.78, 5) is 12.5. The predicted octanol–water partition coefficient (Wildman–Crippen LogP) is 3.21. The number of hydrogen-bond donors (Lipinski definition) is 1. The van der Waals surface area contributed by atoms with E-state index in [4.69, 9.17) is 10.5 Å². The fourth-order valence-electron chi connectivity index (χ4n) is 1.89. The lowest BCUT2D eigenvalue weighted by atomic mass is 10.0. The van der Waals surface area contributed by atoms with Crippen molar-refractivity contribution in [3.63, 3.8) is 0 Å². The van der Waals surface area contributed by atoms with Crippen LogP contribution in [0.2, 0.25) is 0 Å². The summed E-state index contributed by atoms with van der Waals surface area (Å²) >= 11 is 0. The van der Waals surface area contributed by atoms with Crippen LogP contribution in [0.25, 0.3) is 0 Å². The minimum Gasteiger partial charge on any atom is -0.493 e. The zero-order valence-corrected chi connectivity index (χ0v) is 11.1. The fraction of sp³-hybridized carbons (Fsp3) is 0.188. The van der Waals surface area contributed by atoms with Crippen molar-refractivity contribution >= 4 is 11.5 Å². The van der Waals surface area contributed by atoms with E-state index in [0.29, 0.717) is 29.2 Å². The average molecular weight is 255 g/mol. The molecule has 2 N–H and O–H groups in total. The van der Waals surface area contributed by atoms with Gasteiger partial charge in [0, 0.05) is 11.3 Å². The number of benzene rings is 2. The number of ether oxygens (including phenoxy) is 1. The van der Waals surface area contributed by atoms with Crippen LogP contribution in [0.1, 0.15) is 28.4 Å². The Labute approximate surface area is 113 Å². The summed E-state index contributed by atoms with van der Waals surface area (Å²) in [5.41, 5.74) is 8.51. The first-order valence-electron chi connectivity index (χ1n) is 6.25. The highest BCUT2D eigenvalue weighted by atomic mass is 16.5. The maximum absolute atomic E-state index is 12.5. The largest absolute Gasteiger partial charge is 0.493 e. The summed E-state index contributed by atoms with van der Waals surface area (Å²) in [5.74, 6) is 0.571. The standard InChI is InChI=1S/C16H17NO2/c1-3-19-15-9-4-11(2)10-14(15)16(18)12-5-7-13(17)8-6-12/h4-10H,3,17H2,1-2H3. The Morgan fingerprint density at radius 1 is 1.16 bits per heavy atom. The molecule has 0 bridgehead atoms. The smallest absolute Gasteiger partial charge is 0.196 e. The van der Waals surface area contributed by atoms with E-state index in [1.807, 2.05) is 32.0 Å². The highest BCUT2D eigenvalue weighted by Gasteiger charge is 2.14. The van der Waals surface area contributed by atoms with Crippen molar-refractivity contribution in [1.29, 1.82) is 0 Å². The molecular formula is C16H17NO2. The van der Waals surface area contributed by atoms with E-state index in [1.165, 1.54) is 0 Å². The predicted molar refractivity (Wildman–Crippen MR) is 76.6 cm³/mol. The minimum atomic E-state index is -0.0489. The number of rotatable bonds is 4. The second-order valence-corrected chi connectivity index (χ2v) is 4.38. The van der Waals surface area contributed by atoms with Crippen LogP contribution < -0.4 is 10.5 Å². The van der Waals surface area contributed by atoms with Gasteiger partial charge in [0.05, 0.1) is 12.2 Å². The molecule has 3 nitrogen and oxygen atoms in total. The van der Waals surface area contributed by atoms with E-state index in [1.54, 1.807) is 24.3 Å². The van der Waals surface area contributed by atoms with Gasteiger partial charge in [-0.3, -0.25) is 4.79 Å². The van der Waals surface area contributed by atoms with E-state index < -0.39 is 0 Å². The summed E-state index contributed by atoms with van der Waals surface area (Å²) in [5, 5.41) is 0. The maximum atomic E-state index is 12.5. The van der Waals surface area contributed by atoms with E-state index in [0.717, 1.165) is 5.56 Å². The molecule has 0 aliphatic rings. The lowest BCUT2D eigenvalue weighted by Crippen LogP contribution is -2.06. The molecule has 0 fully saturated rings. The third kappa shape index (κ3) is 2.94. The maximum Gasteiger partial charge on any atom is 0.196 e. The fourth-order valence-corrected chi connectivity index (χ4v) is 1.89. The zero-order chi connectivity index (χ0) is 13.8. The second kappa shape index (κ2) is 5.57. The molecule has 2 aromatic rings. The van der Waals surface area contributed by atoms with Crippen LogP contribution in [0.5, 0.6) is 5.75 Å². The van der Waals surface area contributed by atoms with Gasteiger partial charge >= 0.3 is 0 Å². The van der Waals surface area contributed by atoms with Gasteiger partial charge in [0.15, 0.2) is 5.78 Å². The van der Waals surface area contributed by atoms with Crippen LogP contribution in [0.4, 0.5) is 5.69 Å². The quantitative estimate of drug-likeness (QED) is 0.674. The normalized spacial score (nSPS) is 10.2. The van der Waals surface area contributed by atoms with Gasteiger partial charge in [0.25, 0.3) is 0 Å². The van der Waals surface area contributed by atoms with Gasteiger partial charge < -0.3 is 10.5 Å². The number of carbonyl (C=O) groups is 1. The van der Waals surface area contributed by atoms with Crippen LogP contribution in [-0.4, -0.2) is 12.4 Å². The molecule has 0 spiro atoms. The van der Waals surface area contributed by atoms with Crippen molar-refractivity contribution in [2.45, 2.75) is 13.8 Å². The van der Waals surface area contributed by atoms with Gasteiger partial charge in [-0.25, -0.2) is 0 Å². The lowest BCUT2D eigenvalue weighted by Gasteiger charge is -2.10. The first-order valence-corrected chi connectivity index (χ1v) is 6.25.